The van der Waals surface area contributed by atoms with Crippen LogP contribution in [0, 0.1) is 10.1 Å². The molecule has 1 aliphatic heterocycles. The summed E-state index contributed by atoms with van der Waals surface area (Å²) in [7, 11) is 0. The summed E-state index contributed by atoms with van der Waals surface area (Å²) in [4.78, 5) is 47.8. The summed E-state index contributed by atoms with van der Waals surface area (Å²) in [6.45, 7) is 1.73. The Morgan fingerprint density at radius 1 is 1.32 bits per heavy atom. The van der Waals surface area contributed by atoms with E-state index in [1.165, 1.54) is 18.2 Å². The highest BCUT2D eigenvalue weighted by atomic mass is 35.5. The molecule has 0 bridgehead atoms. The summed E-state index contributed by atoms with van der Waals surface area (Å²) in [5.41, 5.74) is 0.169. The number of imide groups is 1. The van der Waals surface area contributed by atoms with Crippen LogP contribution in [0.4, 0.5) is 10.5 Å². The minimum atomic E-state index is -0.651. The lowest BCUT2D eigenvalue weighted by Gasteiger charge is -2.11. The smallest absolute Gasteiger partial charge is 0.326 e. The number of nitrogens with zero attached hydrogens (tertiary/aromatic N) is 2. The molecule has 1 aromatic carbocycles. The number of carbonyl (C=O) groups excluding carboxylic acids is 3. The number of rotatable bonds is 8. The van der Waals surface area contributed by atoms with Gasteiger partial charge in [0.25, 0.3) is 16.8 Å². The van der Waals surface area contributed by atoms with Crippen LogP contribution < -0.4 is 0 Å². The standard InChI is InChI=1S/C20H17ClN2O7S/c1-2-3-8-29-18(24)11-22-19(25)17(31-20(22)26)10-13-5-7-16(30-13)12-4-6-14(21)15(9-12)23(27)28/h4-7,9-10H,2-3,8,11H2,1H3/b17-10+. The van der Waals surface area contributed by atoms with E-state index in [1.807, 2.05) is 6.92 Å². The Balaban J connectivity index is 1.73. The average molecular weight is 465 g/mol. The van der Waals surface area contributed by atoms with Crippen molar-refractivity contribution in [3.63, 3.8) is 0 Å². The molecule has 3 rings (SSSR count). The summed E-state index contributed by atoms with van der Waals surface area (Å²) >= 11 is 6.50. The highest BCUT2D eigenvalue weighted by molar-refractivity contribution is 8.18. The van der Waals surface area contributed by atoms with E-state index >= 15 is 0 Å². The highest BCUT2D eigenvalue weighted by Crippen LogP contribution is 2.34. The van der Waals surface area contributed by atoms with Crippen LogP contribution in [0.2, 0.25) is 5.02 Å². The van der Waals surface area contributed by atoms with Crippen LogP contribution in [0.1, 0.15) is 25.5 Å². The molecule has 2 amide bonds. The quantitative estimate of drug-likeness (QED) is 0.178. The molecule has 1 aliphatic rings. The molecule has 0 unspecified atom stereocenters. The topological polar surface area (TPSA) is 120 Å². The molecular weight excluding hydrogens is 448 g/mol. The third-order valence-electron chi connectivity index (χ3n) is 4.25. The van der Waals surface area contributed by atoms with E-state index in [4.69, 9.17) is 20.8 Å². The Labute approximate surface area is 186 Å². The Morgan fingerprint density at radius 3 is 2.81 bits per heavy atom. The van der Waals surface area contributed by atoms with Crippen molar-refractivity contribution in [2.24, 2.45) is 0 Å². The van der Waals surface area contributed by atoms with Crippen molar-refractivity contribution >= 4 is 52.2 Å². The summed E-state index contributed by atoms with van der Waals surface area (Å²) in [6.07, 6.45) is 2.93. The molecule has 0 aliphatic carbocycles. The molecule has 1 saturated heterocycles. The van der Waals surface area contributed by atoms with Crippen molar-refractivity contribution in [2.45, 2.75) is 19.8 Å². The van der Waals surface area contributed by atoms with Gasteiger partial charge in [-0.25, -0.2) is 0 Å². The van der Waals surface area contributed by atoms with Gasteiger partial charge in [-0.05, 0) is 42.4 Å². The fraction of sp³-hybridized carbons (Fsp3) is 0.250. The maximum Gasteiger partial charge on any atom is 0.326 e. The summed E-state index contributed by atoms with van der Waals surface area (Å²) < 4.78 is 10.6. The number of hydrogen-bond acceptors (Lipinski definition) is 8. The first-order chi connectivity index (χ1) is 14.8. The van der Waals surface area contributed by atoms with Crippen LogP contribution in [-0.4, -0.2) is 40.1 Å². The van der Waals surface area contributed by atoms with E-state index in [0.29, 0.717) is 29.5 Å². The van der Waals surface area contributed by atoms with Gasteiger partial charge in [0, 0.05) is 17.7 Å². The fourth-order valence-electron chi connectivity index (χ4n) is 2.66. The predicted octanol–water partition coefficient (Wildman–Crippen LogP) is 4.89. The first kappa shape index (κ1) is 22.6. The van der Waals surface area contributed by atoms with Crippen molar-refractivity contribution in [1.29, 1.82) is 0 Å². The lowest BCUT2D eigenvalue weighted by molar-refractivity contribution is -0.384. The van der Waals surface area contributed by atoms with Gasteiger partial charge >= 0.3 is 5.97 Å². The van der Waals surface area contributed by atoms with E-state index in [2.05, 4.69) is 0 Å². The van der Waals surface area contributed by atoms with Gasteiger partial charge in [0.1, 0.15) is 23.1 Å². The van der Waals surface area contributed by atoms with Gasteiger partial charge in [0.15, 0.2) is 0 Å². The third kappa shape index (κ3) is 5.33. The second kappa shape index (κ2) is 9.80. The van der Waals surface area contributed by atoms with Crippen LogP contribution in [0.5, 0.6) is 0 Å². The fourth-order valence-corrected chi connectivity index (χ4v) is 3.67. The van der Waals surface area contributed by atoms with Gasteiger partial charge in [0.05, 0.1) is 16.4 Å². The minimum Gasteiger partial charge on any atom is -0.464 e. The van der Waals surface area contributed by atoms with E-state index in [9.17, 15) is 24.5 Å². The SMILES string of the molecule is CCCCOC(=O)CN1C(=O)S/C(=C/c2ccc(-c3ccc(Cl)c([N+](=O)[O-])c3)o2)C1=O. The molecular formula is C20H17ClN2O7S. The predicted molar refractivity (Wildman–Crippen MR) is 114 cm³/mol. The van der Waals surface area contributed by atoms with Crippen LogP contribution in [0.25, 0.3) is 17.4 Å². The Bertz CT molecular complexity index is 1080. The maximum atomic E-state index is 12.5. The van der Waals surface area contributed by atoms with Crippen LogP contribution in [0.15, 0.2) is 39.7 Å². The molecule has 0 saturated carbocycles. The van der Waals surface area contributed by atoms with Crippen molar-refractivity contribution in [1.82, 2.24) is 4.90 Å². The lowest BCUT2D eigenvalue weighted by atomic mass is 10.1. The molecule has 1 fully saturated rings. The number of ether oxygens (including phenoxy) is 1. The second-order valence-electron chi connectivity index (χ2n) is 6.47. The van der Waals surface area contributed by atoms with Gasteiger partial charge in [-0.3, -0.25) is 29.4 Å². The molecule has 31 heavy (non-hydrogen) atoms. The molecule has 1 aromatic heterocycles. The largest absolute Gasteiger partial charge is 0.464 e. The Kier molecular flexibility index (Phi) is 7.13. The van der Waals surface area contributed by atoms with Gasteiger partial charge in [0.2, 0.25) is 0 Å². The van der Waals surface area contributed by atoms with Gasteiger partial charge in [-0.15, -0.1) is 0 Å². The molecule has 162 valence electrons. The first-order valence-corrected chi connectivity index (χ1v) is 10.4. The molecule has 0 atom stereocenters. The van der Waals surface area contributed by atoms with E-state index in [-0.39, 0.29) is 28.0 Å². The Morgan fingerprint density at radius 2 is 2.10 bits per heavy atom. The number of carbonyl (C=O) groups is 3. The summed E-state index contributed by atoms with van der Waals surface area (Å²) in [5.74, 6) is -0.683. The van der Waals surface area contributed by atoms with Crippen molar-refractivity contribution < 1.29 is 28.5 Å². The molecule has 0 radical (unpaired) electrons. The molecule has 0 N–H and O–H groups in total. The normalized spacial score (nSPS) is 15.0. The maximum absolute atomic E-state index is 12.5. The van der Waals surface area contributed by atoms with E-state index < -0.39 is 28.6 Å². The molecule has 2 heterocycles. The van der Waals surface area contributed by atoms with Gasteiger partial charge < -0.3 is 9.15 Å². The first-order valence-electron chi connectivity index (χ1n) is 9.25. The zero-order valence-corrected chi connectivity index (χ0v) is 17.9. The van der Waals surface area contributed by atoms with Crippen LogP contribution in [-0.2, 0) is 14.3 Å². The van der Waals surface area contributed by atoms with Crippen LogP contribution in [0.3, 0.4) is 0 Å². The van der Waals surface area contributed by atoms with Crippen LogP contribution >= 0.6 is 23.4 Å². The zero-order chi connectivity index (χ0) is 22.5. The molecule has 2 aromatic rings. The van der Waals surface area contributed by atoms with Gasteiger partial charge in [-0.1, -0.05) is 24.9 Å². The number of thioether (sulfide) groups is 1. The number of furan rings is 1. The highest BCUT2D eigenvalue weighted by Gasteiger charge is 2.37. The number of unbranched alkanes of at least 4 members (excludes halogenated alkanes) is 1. The number of nitro benzene ring substituents is 1. The number of halogens is 1. The number of esters is 1. The number of benzene rings is 1. The summed E-state index contributed by atoms with van der Waals surface area (Å²) in [6, 6.07) is 7.37. The third-order valence-corrected chi connectivity index (χ3v) is 5.48. The zero-order valence-electron chi connectivity index (χ0n) is 16.3. The van der Waals surface area contributed by atoms with Crippen molar-refractivity contribution in [2.75, 3.05) is 13.2 Å². The molecule has 9 nitrogen and oxygen atoms in total. The van der Waals surface area contributed by atoms with E-state index in [1.54, 1.807) is 18.2 Å². The minimum absolute atomic E-state index is 0.00225. The average Bonchev–Trinajstić information content (AvgIpc) is 3.29. The van der Waals surface area contributed by atoms with Crippen molar-refractivity contribution in [3.05, 3.63) is 56.1 Å². The molecule has 0 spiro atoms. The van der Waals surface area contributed by atoms with E-state index in [0.717, 1.165) is 11.3 Å². The number of amides is 2. The lowest BCUT2D eigenvalue weighted by Crippen LogP contribution is -2.34. The van der Waals surface area contributed by atoms with Gasteiger partial charge in [-0.2, -0.15) is 0 Å². The Hall–Kier alpha value is -3.11. The second-order valence-corrected chi connectivity index (χ2v) is 7.87. The monoisotopic (exact) mass is 464 g/mol. The van der Waals surface area contributed by atoms with Crippen molar-refractivity contribution in [3.8, 4) is 11.3 Å². The summed E-state index contributed by atoms with van der Waals surface area (Å²) in [5, 5.41) is 10.5. The number of nitro groups is 1. The number of hydrogen-bond donors (Lipinski definition) is 0. The molecule has 11 heteroatoms.